The van der Waals surface area contributed by atoms with Crippen molar-refractivity contribution in [3.05, 3.63) is 60.3 Å². The lowest BCUT2D eigenvalue weighted by atomic mass is 9.64. The predicted octanol–water partition coefficient (Wildman–Crippen LogP) is 6.04. The third kappa shape index (κ3) is 4.60. The van der Waals surface area contributed by atoms with E-state index in [-0.39, 0.29) is 17.4 Å². The van der Waals surface area contributed by atoms with Crippen molar-refractivity contribution in [3.63, 3.8) is 0 Å². The number of hydroxylamine groups is 1. The Balaban J connectivity index is 1.39. The number of hydrogen-bond acceptors (Lipinski definition) is 5. The molecule has 1 aliphatic rings. The fourth-order valence-corrected chi connectivity index (χ4v) is 5.37. The zero-order valence-corrected chi connectivity index (χ0v) is 20.7. The molecule has 1 fully saturated rings. The van der Waals surface area contributed by atoms with E-state index in [0.717, 1.165) is 47.2 Å². The minimum atomic E-state index is -0.169. The van der Waals surface area contributed by atoms with E-state index in [9.17, 15) is 4.79 Å². The van der Waals surface area contributed by atoms with E-state index in [1.54, 1.807) is 0 Å². The zero-order chi connectivity index (χ0) is 24.6. The van der Waals surface area contributed by atoms with Crippen molar-refractivity contribution in [2.24, 2.45) is 11.8 Å². The molecule has 2 aromatic carbocycles. The van der Waals surface area contributed by atoms with E-state index in [0.29, 0.717) is 17.7 Å². The number of carbonyl (C=O) groups is 1. The summed E-state index contributed by atoms with van der Waals surface area (Å²) in [6, 6.07) is 16.3. The van der Waals surface area contributed by atoms with Gasteiger partial charge in [-0.15, -0.1) is 0 Å². The van der Waals surface area contributed by atoms with Crippen molar-refractivity contribution in [3.8, 4) is 22.7 Å². The Bertz CT molecular complexity index is 1290. The van der Waals surface area contributed by atoms with Crippen LogP contribution >= 0.6 is 0 Å². The average Bonchev–Trinajstić information content (AvgIpc) is 3.49. The summed E-state index contributed by atoms with van der Waals surface area (Å²) >= 11 is 0. The minimum Gasteiger partial charge on any atom is -0.436 e. The topological polar surface area (TPSA) is 93.0 Å². The number of aromatic nitrogens is 3. The van der Waals surface area contributed by atoms with Crippen molar-refractivity contribution < 1.29 is 14.0 Å². The van der Waals surface area contributed by atoms with Gasteiger partial charge in [-0.05, 0) is 54.2 Å². The Morgan fingerprint density at radius 2 is 1.97 bits per heavy atom. The largest absolute Gasteiger partial charge is 0.436 e. The van der Waals surface area contributed by atoms with Gasteiger partial charge in [0.25, 0.3) is 0 Å². The van der Waals surface area contributed by atoms with Gasteiger partial charge in [-0.1, -0.05) is 57.2 Å². The second-order valence-electron chi connectivity index (χ2n) is 10.2. The molecule has 3 unspecified atom stereocenters. The molecule has 0 bridgehead atoms. The van der Waals surface area contributed by atoms with E-state index in [1.165, 1.54) is 12.5 Å². The summed E-state index contributed by atoms with van der Waals surface area (Å²) in [5.41, 5.74) is 8.03. The third-order valence-electron chi connectivity index (χ3n) is 7.39. The molecule has 35 heavy (non-hydrogen) atoms. The molecule has 1 saturated carbocycles. The molecular weight excluding hydrogens is 440 g/mol. The first kappa shape index (κ1) is 23.3. The maximum atomic E-state index is 11.5. The lowest BCUT2D eigenvalue weighted by Crippen LogP contribution is -2.44. The second kappa shape index (κ2) is 9.30. The maximum Gasteiger partial charge on any atom is 0.240 e. The maximum absolute atomic E-state index is 11.5. The van der Waals surface area contributed by atoms with E-state index in [1.807, 2.05) is 30.5 Å². The van der Waals surface area contributed by atoms with Crippen molar-refractivity contribution in [1.29, 1.82) is 0 Å². The van der Waals surface area contributed by atoms with Crippen LogP contribution in [0.25, 0.3) is 33.8 Å². The quantitative estimate of drug-likeness (QED) is 0.334. The van der Waals surface area contributed by atoms with Crippen molar-refractivity contribution in [2.75, 3.05) is 0 Å². The molecule has 1 aliphatic carbocycles. The lowest BCUT2D eigenvalue weighted by molar-refractivity contribution is -0.146. The highest BCUT2D eigenvalue weighted by atomic mass is 16.7. The number of oxazole rings is 1. The van der Waals surface area contributed by atoms with Crippen molar-refractivity contribution in [2.45, 2.75) is 58.5 Å². The first-order chi connectivity index (χ1) is 16.8. The van der Waals surface area contributed by atoms with Gasteiger partial charge < -0.3 is 4.42 Å². The highest BCUT2D eigenvalue weighted by Crippen LogP contribution is 2.45. The summed E-state index contributed by atoms with van der Waals surface area (Å²) in [6.45, 7) is 8.23. The molecule has 4 aromatic rings. The molecule has 5 rings (SSSR count). The number of nitrogens with zero attached hydrogens (tertiary/aromatic N) is 2. The number of nitrogens with one attached hydrogen (secondary N) is 2. The predicted molar refractivity (Wildman–Crippen MR) is 135 cm³/mol. The van der Waals surface area contributed by atoms with Crippen LogP contribution in [0.1, 0.15) is 52.5 Å². The Morgan fingerprint density at radius 3 is 2.69 bits per heavy atom. The summed E-state index contributed by atoms with van der Waals surface area (Å²) in [4.78, 5) is 22.0. The molecular formula is C28H32N4O3. The van der Waals surface area contributed by atoms with Crippen LogP contribution in [0.4, 0.5) is 0 Å². The number of aromatic amines is 1. The molecule has 0 saturated heterocycles. The highest BCUT2D eigenvalue weighted by molar-refractivity contribution is 5.81. The van der Waals surface area contributed by atoms with Crippen LogP contribution in [0.3, 0.4) is 0 Å². The van der Waals surface area contributed by atoms with Crippen LogP contribution in [0.2, 0.25) is 0 Å². The van der Waals surface area contributed by atoms with E-state index in [2.05, 4.69) is 65.7 Å². The number of rotatable bonds is 6. The van der Waals surface area contributed by atoms with Gasteiger partial charge in [0, 0.05) is 18.7 Å². The summed E-state index contributed by atoms with van der Waals surface area (Å²) < 4.78 is 5.98. The molecule has 0 aliphatic heterocycles. The zero-order valence-electron chi connectivity index (χ0n) is 20.7. The Hall–Kier alpha value is -3.45. The van der Waals surface area contributed by atoms with Crippen molar-refractivity contribution in [1.82, 2.24) is 20.7 Å². The molecule has 7 heteroatoms. The van der Waals surface area contributed by atoms with Gasteiger partial charge in [0.05, 0.1) is 11.7 Å². The summed E-state index contributed by atoms with van der Waals surface area (Å²) in [7, 11) is 0. The number of benzene rings is 2. The monoisotopic (exact) mass is 472 g/mol. The molecule has 0 radical (unpaired) electrons. The summed E-state index contributed by atoms with van der Waals surface area (Å²) in [6.07, 6.45) is 4.79. The number of hydrogen-bond donors (Lipinski definition) is 2. The first-order valence-corrected chi connectivity index (χ1v) is 12.3. The minimum absolute atomic E-state index is 0.0190. The molecule has 182 valence electrons. The number of fused-ring (bicyclic) bond motifs is 1. The lowest BCUT2D eigenvalue weighted by Gasteiger charge is -2.44. The van der Waals surface area contributed by atoms with Crippen LogP contribution in [0, 0.1) is 11.8 Å². The Labute approximate surface area is 205 Å². The second-order valence-corrected chi connectivity index (χ2v) is 10.2. The Kier molecular flexibility index (Phi) is 6.19. The normalized spacial score (nSPS) is 22.5. The van der Waals surface area contributed by atoms with Crippen LogP contribution in [-0.2, 0) is 15.0 Å². The fraction of sp³-hybridized carbons (Fsp3) is 0.393. The number of H-pyrrole nitrogens is 1. The molecule has 3 atom stereocenters. The molecule has 2 heterocycles. The Morgan fingerprint density at radius 1 is 1.20 bits per heavy atom. The molecule has 1 amide bonds. The van der Waals surface area contributed by atoms with E-state index in [4.69, 9.17) is 9.25 Å². The first-order valence-electron chi connectivity index (χ1n) is 12.3. The van der Waals surface area contributed by atoms with E-state index >= 15 is 0 Å². The van der Waals surface area contributed by atoms with Crippen LogP contribution < -0.4 is 5.48 Å². The van der Waals surface area contributed by atoms with Crippen LogP contribution in [0.15, 0.2) is 59.1 Å². The summed E-state index contributed by atoms with van der Waals surface area (Å²) in [5.74, 6) is 1.29. The van der Waals surface area contributed by atoms with Crippen molar-refractivity contribution >= 4 is 17.0 Å². The molecule has 2 aromatic heterocycles. The van der Waals surface area contributed by atoms with Gasteiger partial charge in [-0.2, -0.15) is 5.10 Å². The molecule has 7 nitrogen and oxygen atoms in total. The molecule has 0 spiro atoms. The van der Waals surface area contributed by atoms with Gasteiger partial charge in [-0.25, -0.2) is 10.5 Å². The molecule has 2 N–H and O–H groups in total. The van der Waals surface area contributed by atoms with Gasteiger partial charge in [0.2, 0.25) is 11.8 Å². The fourth-order valence-electron chi connectivity index (χ4n) is 5.37. The smallest absolute Gasteiger partial charge is 0.240 e. The third-order valence-corrected chi connectivity index (χ3v) is 7.39. The standard InChI is InChI=1S/C28H32N4O3/c1-17(2)21-13-14-28(4,15-25(21)35-32-18(3)33)20-11-9-19(10-12-20)26-22(16-29-31-26)27-30-23-7-5-6-8-24(23)34-27/h5-12,16-17,21,25H,13-15H2,1-4H3,(H,29,31)(H,32,33). The van der Waals surface area contributed by atoms with Gasteiger partial charge in [-0.3, -0.25) is 14.7 Å². The van der Waals surface area contributed by atoms with E-state index < -0.39 is 0 Å². The SMILES string of the molecule is CC(=O)NOC1CC(C)(c2ccc(-c3n[nH]cc3-c3nc4ccccc4o3)cc2)CCC1C(C)C. The number of amides is 1. The van der Waals surface area contributed by atoms with Crippen LogP contribution in [0.5, 0.6) is 0 Å². The number of carbonyl (C=O) groups excluding carboxylic acids is 1. The average molecular weight is 473 g/mol. The van der Waals surface area contributed by atoms with Gasteiger partial charge >= 0.3 is 0 Å². The highest BCUT2D eigenvalue weighted by Gasteiger charge is 2.41. The van der Waals surface area contributed by atoms with Crippen LogP contribution in [-0.4, -0.2) is 27.2 Å². The number of para-hydroxylation sites is 2. The van der Waals surface area contributed by atoms with Gasteiger partial charge in [0.15, 0.2) is 5.58 Å². The summed E-state index contributed by atoms with van der Waals surface area (Å²) in [5, 5.41) is 7.46. The van der Waals surface area contributed by atoms with Gasteiger partial charge in [0.1, 0.15) is 11.2 Å².